The highest BCUT2D eigenvalue weighted by atomic mass is 16.5. The lowest BCUT2D eigenvalue weighted by Gasteiger charge is -2.41. The van der Waals surface area contributed by atoms with Crippen LogP contribution in [-0.4, -0.2) is 77.6 Å². The molecule has 0 atom stereocenters. The molecular formula is C17H26N3O3+. The van der Waals surface area contributed by atoms with Crippen molar-refractivity contribution in [2.24, 2.45) is 0 Å². The van der Waals surface area contributed by atoms with Gasteiger partial charge in [-0.15, -0.1) is 0 Å². The molecule has 0 unspecified atom stereocenters. The average molecular weight is 320 g/mol. The Hall–Kier alpha value is -1.63. The molecule has 0 spiro atoms. The fourth-order valence-electron chi connectivity index (χ4n) is 3.47. The molecule has 2 aliphatic rings. The summed E-state index contributed by atoms with van der Waals surface area (Å²) in [5, 5.41) is 0. The van der Waals surface area contributed by atoms with E-state index < -0.39 is 0 Å². The molecule has 0 N–H and O–H groups in total. The highest BCUT2D eigenvalue weighted by molar-refractivity contribution is 5.91. The van der Waals surface area contributed by atoms with Crippen LogP contribution in [-0.2, 0) is 9.47 Å². The van der Waals surface area contributed by atoms with Crippen LogP contribution in [0.1, 0.15) is 0 Å². The number of hydrogen-bond acceptors (Lipinski definition) is 4. The van der Waals surface area contributed by atoms with Gasteiger partial charge in [-0.05, 0) is 6.07 Å². The third-order valence-electron chi connectivity index (χ3n) is 4.68. The summed E-state index contributed by atoms with van der Waals surface area (Å²) >= 11 is 0. The number of nitrogens with zero attached hydrogens (tertiary/aromatic N) is 3. The van der Waals surface area contributed by atoms with Crippen LogP contribution >= 0.6 is 0 Å². The van der Waals surface area contributed by atoms with Gasteiger partial charge in [0.05, 0.1) is 32.1 Å². The Balaban J connectivity index is 2.04. The first kappa shape index (κ1) is 16.2. The molecule has 1 aromatic rings. The SMILES string of the molecule is CN(C)C(=O)[N+]1(c2ccccc2N2CCOCC2)CCOCC1. The van der Waals surface area contributed by atoms with E-state index in [0.29, 0.717) is 30.8 Å². The lowest BCUT2D eigenvalue weighted by molar-refractivity contribution is 0.0491. The maximum atomic E-state index is 13.1. The van der Waals surface area contributed by atoms with Crippen LogP contribution in [0.3, 0.4) is 0 Å². The number of anilines is 1. The van der Waals surface area contributed by atoms with E-state index in [1.807, 2.05) is 26.2 Å². The van der Waals surface area contributed by atoms with E-state index >= 15 is 0 Å². The molecule has 0 radical (unpaired) electrons. The van der Waals surface area contributed by atoms with Gasteiger partial charge in [-0.1, -0.05) is 12.1 Å². The van der Waals surface area contributed by atoms with E-state index in [2.05, 4.69) is 17.0 Å². The number of hydrogen-bond donors (Lipinski definition) is 0. The molecular weight excluding hydrogens is 294 g/mol. The monoisotopic (exact) mass is 320 g/mol. The molecule has 2 fully saturated rings. The summed E-state index contributed by atoms with van der Waals surface area (Å²) in [4.78, 5) is 17.1. The number of carbonyl (C=O) groups excluding carboxylic acids is 1. The Kier molecular flexibility index (Phi) is 4.84. The van der Waals surface area contributed by atoms with Gasteiger partial charge < -0.3 is 14.4 Å². The molecule has 2 heterocycles. The Bertz CT molecular complexity index is 550. The van der Waals surface area contributed by atoms with Crippen LogP contribution in [0.2, 0.25) is 0 Å². The van der Waals surface area contributed by atoms with E-state index in [1.54, 1.807) is 4.90 Å². The lowest BCUT2D eigenvalue weighted by Crippen LogP contribution is -2.63. The Morgan fingerprint density at radius 1 is 1.04 bits per heavy atom. The van der Waals surface area contributed by atoms with Gasteiger partial charge in [0, 0.05) is 33.3 Å². The molecule has 2 amide bonds. The van der Waals surface area contributed by atoms with Gasteiger partial charge in [0.1, 0.15) is 13.1 Å². The maximum Gasteiger partial charge on any atom is 0.423 e. The molecule has 126 valence electrons. The van der Waals surface area contributed by atoms with Crippen LogP contribution in [0.25, 0.3) is 0 Å². The predicted molar refractivity (Wildman–Crippen MR) is 90.9 cm³/mol. The smallest absolute Gasteiger partial charge is 0.378 e. The third-order valence-corrected chi connectivity index (χ3v) is 4.68. The summed E-state index contributed by atoms with van der Waals surface area (Å²) in [5.41, 5.74) is 2.23. The molecule has 6 nitrogen and oxygen atoms in total. The molecule has 1 aromatic carbocycles. The number of morpholine rings is 2. The number of para-hydroxylation sites is 2. The van der Waals surface area contributed by atoms with E-state index in [1.165, 1.54) is 0 Å². The van der Waals surface area contributed by atoms with E-state index in [0.717, 1.165) is 37.7 Å². The van der Waals surface area contributed by atoms with Crippen molar-refractivity contribution in [2.45, 2.75) is 0 Å². The molecule has 2 saturated heterocycles. The number of carbonyl (C=O) groups is 1. The van der Waals surface area contributed by atoms with Crippen molar-refractivity contribution < 1.29 is 14.3 Å². The highest BCUT2D eigenvalue weighted by Gasteiger charge is 2.44. The first-order valence-corrected chi connectivity index (χ1v) is 8.24. The van der Waals surface area contributed by atoms with Crippen molar-refractivity contribution >= 4 is 17.4 Å². The molecule has 2 aliphatic heterocycles. The number of quaternary nitrogens is 1. The zero-order valence-electron chi connectivity index (χ0n) is 14.0. The summed E-state index contributed by atoms with van der Waals surface area (Å²) in [6.07, 6.45) is 0. The van der Waals surface area contributed by atoms with Gasteiger partial charge in [0.2, 0.25) is 0 Å². The van der Waals surface area contributed by atoms with Crippen LogP contribution in [0.15, 0.2) is 24.3 Å². The second kappa shape index (κ2) is 6.86. The van der Waals surface area contributed by atoms with Crippen LogP contribution in [0, 0.1) is 0 Å². The summed E-state index contributed by atoms with van der Waals surface area (Å²) in [5.74, 6) is 0. The van der Waals surface area contributed by atoms with Gasteiger partial charge in [0.25, 0.3) is 0 Å². The number of amides is 2. The summed E-state index contributed by atoms with van der Waals surface area (Å²) in [6, 6.07) is 8.41. The van der Waals surface area contributed by atoms with Crippen molar-refractivity contribution in [1.82, 2.24) is 9.38 Å². The average Bonchev–Trinajstić information content (AvgIpc) is 2.62. The van der Waals surface area contributed by atoms with Crippen molar-refractivity contribution in [1.29, 1.82) is 0 Å². The normalized spacial score (nSPS) is 21.0. The maximum absolute atomic E-state index is 13.1. The second-order valence-electron chi connectivity index (χ2n) is 6.29. The molecule has 0 aliphatic carbocycles. The fraction of sp³-hybridized carbons (Fsp3) is 0.588. The Labute approximate surface area is 137 Å². The van der Waals surface area contributed by atoms with Gasteiger partial charge in [-0.3, -0.25) is 4.90 Å². The van der Waals surface area contributed by atoms with Crippen molar-refractivity contribution in [3.8, 4) is 0 Å². The second-order valence-corrected chi connectivity index (χ2v) is 6.29. The van der Waals surface area contributed by atoms with Crippen LogP contribution in [0.4, 0.5) is 16.2 Å². The van der Waals surface area contributed by atoms with Gasteiger partial charge in [-0.25, -0.2) is 9.28 Å². The third kappa shape index (κ3) is 3.06. The fourth-order valence-corrected chi connectivity index (χ4v) is 3.47. The molecule has 0 aromatic heterocycles. The molecule has 6 heteroatoms. The summed E-state index contributed by atoms with van der Waals surface area (Å²) < 4.78 is 11.4. The number of rotatable bonds is 2. The van der Waals surface area contributed by atoms with E-state index in [4.69, 9.17) is 9.47 Å². The van der Waals surface area contributed by atoms with Crippen molar-refractivity contribution in [2.75, 3.05) is 71.6 Å². The van der Waals surface area contributed by atoms with E-state index in [9.17, 15) is 4.79 Å². The van der Waals surface area contributed by atoms with Crippen molar-refractivity contribution in [3.63, 3.8) is 0 Å². The number of benzene rings is 1. The van der Waals surface area contributed by atoms with E-state index in [-0.39, 0.29) is 6.03 Å². The highest BCUT2D eigenvalue weighted by Crippen LogP contribution is 2.36. The zero-order valence-corrected chi connectivity index (χ0v) is 14.0. The van der Waals surface area contributed by atoms with Crippen LogP contribution < -0.4 is 9.38 Å². The quantitative estimate of drug-likeness (QED) is 0.775. The summed E-state index contributed by atoms with van der Waals surface area (Å²) in [7, 11) is 3.66. The Morgan fingerprint density at radius 3 is 2.30 bits per heavy atom. The Morgan fingerprint density at radius 2 is 1.65 bits per heavy atom. The minimum Gasteiger partial charge on any atom is -0.378 e. The topological polar surface area (TPSA) is 42.0 Å². The van der Waals surface area contributed by atoms with Gasteiger partial charge in [0.15, 0.2) is 5.69 Å². The first-order valence-electron chi connectivity index (χ1n) is 8.24. The minimum atomic E-state index is 0.119. The molecule has 23 heavy (non-hydrogen) atoms. The standard InChI is InChI=1S/C17H26N3O3/c1-18(2)17(21)20(9-13-23-14-10-20)16-6-4-3-5-15(16)19-7-11-22-12-8-19/h3-6H,7-14H2,1-2H3/q+1. The van der Waals surface area contributed by atoms with Gasteiger partial charge in [-0.2, -0.15) is 0 Å². The first-order chi connectivity index (χ1) is 11.1. The number of urea groups is 1. The summed E-state index contributed by atoms with van der Waals surface area (Å²) in [6.45, 7) is 5.77. The van der Waals surface area contributed by atoms with Gasteiger partial charge >= 0.3 is 6.03 Å². The molecule has 0 bridgehead atoms. The minimum absolute atomic E-state index is 0.119. The van der Waals surface area contributed by atoms with Crippen LogP contribution in [0.5, 0.6) is 0 Å². The largest absolute Gasteiger partial charge is 0.423 e. The van der Waals surface area contributed by atoms with Crippen molar-refractivity contribution in [3.05, 3.63) is 24.3 Å². The zero-order chi connectivity index (χ0) is 16.3. The predicted octanol–water partition coefficient (Wildman–Crippen LogP) is 1.54. The molecule has 0 saturated carbocycles. The molecule has 3 rings (SSSR count). The lowest BCUT2D eigenvalue weighted by atomic mass is 10.1. The number of ether oxygens (including phenoxy) is 2.